The number of para-hydroxylation sites is 1. The minimum absolute atomic E-state index is 0.0718. The fourth-order valence-electron chi connectivity index (χ4n) is 3.81. The van der Waals surface area contributed by atoms with E-state index in [1.807, 2.05) is 25.1 Å². The summed E-state index contributed by atoms with van der Waals surface area (Å²) < 4.78 is 5.27. The van der Waals surface area contributed by atoms with Gasteiger partial charge in [0.2, 0.25) is 0 Å². The van der Waals surface area contributed by atoms with Gasteiger partial charge in [-0.2, -0.15) is 0 Å². The van der Waals surface area contributed by atoms with Gasteiger partial charge in [-0.1, -0.05) is 44.2 Å². The van der Waals surface area contributed by atoms with E-state index in [9.17, 15) is 9.59 Å². The van der Waals surface area contributed by atoms with Crippen LogP contribution in [0.2, 0.25) is 0 Å². The number of ether oxygens (including phenoxy) is 1. The van der Waals surface area contributed by atoms with Crippen LogP contribution >= 0.6 is 0 Å². The molecule has 4 nitrogen and oxygen atoms in total. The summed E-state index contributed by atoms with van der Waals surface area (Å²) in [5.74, 6) is 0.534. The van der Waals surface area contributed by atoms with Crippen molar-refractivity contribution in [1.82, 2.24) is 0 Å². The minimum atomic E-state index is -0.279. The molecule has 3 atom stereocenters. The summed E-state index contributed by atoms with van der Waals surface area (Å²) >= 11 is 0. The van der Waals surface area contributed by atoms with Crippen LogP contribution in [-0.2, 0) is 14.3 Å². The number of hydrogen-bond acceptors (Lipinski definition) is 3. The largest absolute Gasteiger partial charge is 0.455 e. The molecule has 3 rings (SSSR count). The molecule has 128 valence electrons. The number of rotatable bonds is 5. The summed E-state index contributed by atoms with van der Waals surface area (Å²) in [4.78, 5) is 24.4. The lowest BCUT2D eigenvalue weighted by atomic mass is 9.94. The Morgan fingerprint density at radius 1 is 1.25 bits per heavy atom. The van der Waals surface area contributed by atoms with Crippen LogP contribution in [0.3, 0.4) is 0 Å². The number of nitrogens with one attached hydrogen (secondary N) is 1. The lowest BCUT2D eigenvalue weighted by Gasteiger charge is -2.18. The zero-order chi connectivity index (χ0) is 17.3. The van der Waals surface area contributed by atoms with Crippen molar-refractivity contribution in [2.45, 2.75) is 39.5 Å². The summed E-state index contributed by atoms with van der Waals surface area (Å²) in [6.45, 7) is 5.93. The first kappa shape index (κ1) is 16.7. The van der Waals surface area contributed by atoms with Crippen LogP contribution in [-0.4, -0.2) is 18.5 Å². The van der Waals surface area contributed by atoms with Crippen LogP contribution in [0.4, 0.5) is 5.69 Å². The molecule has 0 aromatic heterocycles. The van der Waals surface area contributed by atoms with Gasteiger partial charge in [0.25, 0.3) is 5.91 Å². The fraction of sp³-hybridized carbons (Fsp3) is 0.500. The molecule has 2 aliphatic rings. The van der Waals surface area contributed by atoms with E-state index in [1.165, 1.54) is 0 Å². The third kappa shape index (κ3) is 3.37. The number of carbonyl (C=O) groups is 2. The lowest BCUT2D eigenvalue weighted by molar-refractivity contribution is -0.152. The molecule has 1 aromatic rings. The highest BCUT2D eigenvalue weighted by atomic mass is 16.5. The Balaban J connectivity index is 1.57. The van der Waals surface area contributed by atoms with Gasteiger partial charge in [-0.15, -0.1) is 0 Å². The van der Waals surface area contributed by atoms with E-state index in [-0.39, 0.29) is 24.4 Å². The molecule has 1 aromatic carbocycles. The van der Waals surface area contributed by atoms with Crippen molar-refractivity contribution in [2.75, 3.05) is 11.9 Å². The second-order valence-electron chi connectivity index (χ2n) is 7.24. The van der Waals surface area contributed by atoms with Crippen LogP contribution in [0.5, 0.6) is 0 Å². The molecule has 0 heterocycles. The number of amides is 1. The molecule has 24 heavy (non-hydrogen) atoms. The van der Waals surface area contributed by atoms with E-state index >= 15 is 0 Å². The molecule has 2 aliphatic carbocycles. The Labute approximate surface area is 143 Å². The van der Waals surface area contributed by atoms with E-state index in [0.717, 1.165) is 29.7 Å². The van der Waals surface area contributed by atoms with E-state index in [1.54, 1.807) is 0 Å². The summed E-state index contributed by atoms with van der Waals surface area (Å²) in [5.41, 5.74) is 2.93. The Morgan fingerprint density at radius 3 is 2.67 bits per heavy atom. The van der Waals surface area contributed by atoms with Crippen LogP contribution in [0.1, 0.15) is 43.7 Å². The number of esters is 1. The van der Waals surface area contributed by atoms with Gasteiger partial charge in [0.05, 0.1) is 5.92 Å². The maximum absolute atomic E-state index is 12.2. The van der Waals surface area contributed by atoms with Gasteiger partial charge in [0.15, 0.2) is 6.61 Å². The second kappa shape index (κ2) is 6.80. The molecule has 1 fully saturated rings. The quantitative estimate of drug-likeness (QED) is 0.661. The molecule has 4 heteroatoms. The average Bonchev–Trinajstić information content (AvgIpc) is 3.17. The fourth-order valence-corrected chi connectivity index (χ4v) is 3.81. The van der Waals surface area contributed by atoms with Crippen LogP contribution in [0, 0.1) is 24.7 Å². The Kier molecular flexibility index (Phi) is 4.74. The maximum Gasteiger partial charge on any atom is 0.310 e. The number of carbonyl (C=O) groups excluding carboxylic acids is 2. The molecule has 0 aliphatic heterocycles. The molecule has 0 saturated heterocycles. The Morgan fingerprint density at radius 2 is 2.04 bits per heavy atom. The molecular weight excluding hydrogens is 302 g/mol. The number of fused-ring (bicyclic) bond motifs is 2. The first-order chi connectivity index (χ1) is 11.5. The molecular formula is C20H25NO3. The van der Waals surface area contributed by atoms with Crippen molar-refractivity contribution in [3.63, 3.8) is 0 Å². The normalized spacial score (nSPS) is 24.4. The van der Waals surface area contributed by atoms with Gasteiger partial charge < -0.3 is 10.1 Å². The van der Waals surface area contributed by atoms with Gasteiger partial charge in [-0.05, 0) is 48.6 Å². The number of hydrogen-bond donors (Lipinski definition) is 1. The number of allylic oxidation sites excluding steroid dienone is 2. The molecule has 0 spiro atoms. The van der Waals surface area contributed by atoms with Crippen LogP contribution in [0.15, 0.2) is 30.4 Å². The molecule has 2 bridgehead atoms. The molecule has 0 radical (unpaired) electrons. The zero-order valence-electron chi connectivity index (χ0n) is 14.5. The minimum Gasteiger partial charge on any atom is -0.455 e. The molecule has 1 N–H and O–H groups in total. The molecule has 1 saturated carbocycles. The third-order valence-corrected chi connectivity index (χ3v) is 5.12. The van der Waals surface area contributed by atoms with Crippen molar-refractivity contribution < 1.29 is 14.3 Å². The SMILES string of the molecule is Cc1cccc(C(C)C)c1NC(=O)COC(=O)C1CC2C=CC1C2. The van der Waals surface area contributed by atoms with Crippen LogP contribution in [0.25, 0.3) is 0 Å². The second-order valence-corrected chi connectivity index (χ2v) is 7.24. The van der Waals surface area contributed by atoms with Crippen molar-refractivity contribution in [3.05, 3.63) is 41.5 Å². The average molecular weight is 327 g/mol. The van der Waals surface area contributed by atoms with Gasteiger partial charge in [-0.3, -0.25) is 9.59 Å². The van der Waals surface area contributed by atoms with Crippen molar-refractivity contribution in [3.8, 4) is 0 Å². The third-order valence-electron chi connectivity index (χ3n) is 5.12. The van der Waals surface area contributed by atoms with Gasteiger partial charge >= 0.3 is 5.97 Å². The standard InChI is InChI=1S/C20H25NO3/c1-12(2)16-6-4-5-13(3)19(16)21-18(22)11-24-20(23)17-10-14-7-8-15(17)9-14/h4-8,12,14-15,17H,9-11H2,1-3H3,(H,21,22). The first-order valence-electron chi connectivity index (χ1n) is 8.70. The zero-order valence-corrected chi connectivity index (χ0v) is 14.5. The van der Waals surface area contributed by atoms with Crippen LogP contribution < -0.4 is 5.32 Å². The highest BCUT2D eigenvalue weighted by Gasteiger charge is 2.40. The lowest BCUT2D eigenvalue weighted by Crippen LogP contribution is -2.27. The maximum atomic E-state index is 12.2. The molecule has 1 amide bonds. The number of benzene rings is 1. The Bertz CT molecular complexity index is 677. The van der Waals surface area contributed by atoms with E-state index < -0.39 is 0 Å². The van der Waals surface area contributed by atoms with Crippen molar-refractivity contribution >= 4 is 17.6 Å². The predicted molar refractivity (Wildman–Crippen MR) is 93.7 cm³/mol. The monoisotopic (exact) mass is 327 g/mol. The molecule has 3 unspecified atom stereocenters. The topological polar surface area (TPSA) is 55.4 Å². The Hall–Kier alpha value is -2.10. The highest BCUT2D eigenvalue weighted by molar-refractivity contribution is 5.94. The summed E-state index contributed by atoms with van der Waals surface area (Å²) in [6.07, 6.45) is 6.21. The predicted octanol–water partition coefficient (Wildman–Crippen LogP) is 3.81. The summed E-state index contributed by atoms with van der Waals surface area (Å²) in [6, 6.07) is 5.97. The van der Waals surface area contributed by atoms with E-state index in [2.05, 4.69) is 31.3 Å². The van der Waals surface area contributed by atoms with Crippen molar-refractivity contribution in [1.29, 1.82) is 0 Å². The summed E-state index contributed by atoms with van der Waals surface area (Å²) in [7, 11) is 0. The van der Waals surface area contributed by atoms with E-state index in [4.69, 9.17) is 4.74 Å². The smallest absolute Gasteiger partial charge is 0.310 e. The summed E-state index contributed by atoms with van der Waals surface area (Å²) in [5, 5.41) is 2.91. The van der Waals surface area contributed by atoms with Gasteiger partial charge in [0.1, 0.15) is 0 Å². The van der Waals surface area contributed by atoms with Crippen molar-refractivity contribution in [2.24, 2.45) is 17.8 Å². The number of aryl methyl sites for hydroxylation is 1. The van der Waals surface area contributed by atoms with E-state index in [0.29, 0.717) is 17.8 Å². The number of anilines is 1. The first-order valence-corrected chi connectivity index (χ1v) is 8.70. The van der Waals surface area contributed by atoms with Gasteiger partial charge in [-0.25, -0.2) is 0 Å². The highest BCUT2D eigenvalue weighted by Crippen LogP contribution is 2.43. The van der Waals surface area contributed by atoms with Gasteiger partial charge in [0, 0.05) is 5.69 Å².